The first kappa shape index (κ1) is 12.9. The van der Waals surface area contributed by atoms with Crippen molar-refractivity contribution in [3.05, 3.63) is 0 Å². The SMILES string of the molecule is CCC(C)C(N)C(=O)NCC1CC2CCC1C2. The standard InChI is InChI=1S/C14H26N2O/c1-3-9(2)13(15)14(17)16-8-12-7-10-4-5-11(12)6-10/h9-13H,3-8,15H2,1-2H3,(H,16,17). The van der Waals surface area contributed by atoms with Gasteiger partial charge in [0.15, 0.2) is 0 Å². The minimum absolute atomic E-state index is 0.0436. The molecule has 0 spiro atoms. The summed E-state index contributed by atoms with van der Waals surface area (Å²) in [4.78, 5) is 11.9. The highest BCUT2D eigenvalue weighted by Gasteiger charge is 2.39. The van der Waals surface area contributed by atoms with Crippen LogP contribution in [0.15, 0.2) is 0 Å². The topological polar surface area (TPSA) is 55.1 Å². The molecule has 0 aromatic heterocycles. The number of amides is 1. The van der Waals surface area contributed by atoms with Crippen LogP contribution in [0.3, 0.4) is 0 Å². The first-order valence-electron chi connectivity index (χ1n) is 7.15. The normalized spacial score (nSPS) is 34.6. The first-order chi connectivity index (χ1) is 8.11. The fourth-order valence-corrected chi connectivity index (χ4v) is 3.49. The molecule has 0 saturated heterocycles. The molecule has 2 rings (SSSR count). The quantitative estimate of drug-likeness (QED) is 0.768. The van der Waals surface area contributed by atoms with E-state index < -0.39 is 0 Å². The van der Waals surface area contributed by atoms with Crippen LogP contribution in [-0.2, 0) is 4.79 Å². The lowest BCUT2D eigenvalue weighted by atomic mass is 9.88. The van der Waals surface area contributed by atoms with Crippen molar-refractivity contribution in [2.75, 3.05) is 6.54 Å². The van der Waals surface area contributed by atoms with Crippen LogP contribution >= 0.6 is 0 Å². The molecule has 2 aliphatic carbocycles. The fourth-order valence-electron chi connectivity index (χ4n) is 3.49. The Bertz CT molecular complexity index is 279. The van der Waals surface area contributed by atoms with Crippen LogP contribution in [0.1, 0.15) is 46.0 Å². The summed E-state index contributed by atoms with van der Waals surface area (Å²) in [6, 6.07) is -0.335. The van der Waals surface area contributed by atoms with Crippen molar-refractivity contribution in [3.8, 4) is 0 Å². The van der Waals surface area contributed by atoms with Crippen LogP contribution < -0.4 is 11.1 Å². The third-order valence-electron chi connectivity index (χ3n) is 4.98. The molecule has 2 saturated carbocycles. The van der Waals surface area contributed by atoms with Crippen LogP contribution in [0.25, 0.3) is 0 Å². The second-order valence-corrected chi connectivity index (χ2v) is 6.09. The maximum Gasteiger partial charge on any atom is 0.237 e. The van der Waals surface area contributed by atoms with Gasteiger partial charge in [-0.2, -0.15) is 0 Å². The number of rotatable bonds is 5. The molecule has 5 unspecified atom stereocenters. The number of nitrogens with one attached hydrogen (secondary N) is 1. The highest BCUT2D eigenvalue weighted by molar-refractivity contribution is 5.81. The van der Waals surface area contributed by atoms with Crippen molar-refractivity contribution in [2.24, 2.45) is 29.4 Å². The molecule has 0 aromatic carbocycles. The lowest BCUT2D eigenvalue weighted by molar-refractivity contribution is -0.123. The summed E-state index contributed by atoms with van der Waals surface area (Å²) in [5.74, 6) is 2.87. The second kappa shape index (κ2) is 5.38. The summed E-state index contributed by atoms with van der Waals surface area (Å²) in [5, 5.41) is 3.06. The number of hydrogen-bond donors (Lipinski definition) is 2. The van der Waals surface area contributed by atoms with Gasteiger partial charge >= 0.3 is 0 Å². The van der Waals surface area contributed by atoms with Crippen molar-refractivity contribution >= 4 is 5.91 Å². The number of fused-ring (bicyclic) bond motifs is 2. The van der Waals surface area contributed by atoms with Gasteiger partial charge in [-0.1, -0.05) is 26.7 Å². The molecule has 5 atom stereocenters. The van der Waals surface area contributed by atoms with E-state index in [9.17, 15) is 4.79 Å². The van der Waals surface area contributed by atoms with Crippen molar-refractivity contribution in [2.45, 2.75) is 52.0 Å². The summed E-state index contributed by atoms with van der Waals surface area (Å²) < 4.78 is 0. The Morgan fingerprint density at radius 3 is 2.71 bits per heavy atom. The Kier molecular flexibility index (Phi) is 4.08. The monoisotopic (exact) mass is 238 g/mol. The molecule has 3 nitrogen and oxygen atoms in total. The van der Waals surface area contributed by atoms with Crippen molar-refractivity contribution in [1.82, 2.24) is 5.32 Å². The lowest BCUT2D eigenvalue weighted by Crippen LogP contribution is -2.46. The Morgan fingerprint density at radius 1 is 1.41 bits per heavy atom. The highest BCUT2D eigenvalue weighted by atomic mass is 16.2. The van der Waals surface area contributed by atoms with E-state index in [-0.39, 0.29) is 17.9 Å². The number of carbonyl (C=O) groups is 1. The fraction of sp³-hybridized carbons (Fsp3) is 0.929. The van der Waals surface area contributed by atoms with Crippen LogP contribution in [0.4, 0.5) is 0 Å². The van der Waals surface area contributed by atoms with E-state index in [0.717, 1.165) is 30.7 Å². The second-order valence-electron chi connectivity index (χ2n) is 6.09. The van der Waals surface area contributed by atoms with E-state index in [1.807, 2.05) is 6.92 Å². The van der Waals surface area contributed by atoms with Gasteiger partial charge in [-0.3, -0.25) is 4.79 Å². The van der Waals surface area contributed by atoms with E-state index in [2.05, 4.69) is 12.2 Å². The molecule has 17 heavy (non-hydrogen) atoms. The van der Waals surface area contributed by atoms with Crippen molar-refractivity contribution in [3.63, 3.8) is 0 Å². The Morgan fingerprint density at radius 2 is 2.18 bits per heavy atom. The van der Waals surface area contributed by atoms with Gasteiger partial charge in [-0.15, -0.1) is 0 Å². The molecule has 0 radical (unpaired) electrons. The number of nitrogens with two attached hydrogens (primary N) is 1. The maximum absolute atomic E-state index is 11.9. The molecule has 98 valence electrons. The Balaban J connectivity index is 1.73. The summed E-state index contributed by atoms with van der Waals surface area (Å²) in [6.07, 6.45) is 6.48. The van der Waals surface area contributed by atoms with E-state index in [1.54, 1.807) is 0 Å². The van der Waals surface area contributed by atoms with Crippen LogP contribution in [0.2, 0.25) is 0 Å². The maximum atomic E-state index is 11.9. The molecule has 2 bridgehead atoms. The molecular formula is C14H26N2O. The van der Waals surface area contributed by atoms with Gasteiger partial charge < -0.3 is 11.1 Å². The molecule has 3 heteroatoms. The smallest absolute Gasteiger partial charge is 0.237 e. The molecule has 0 aromatic rings. The highest BCUT2D eigenvalue weighted by Crippen LogP contribution is 2.47. The van der Waals surface area contributed by atoms with Gasteiger partial charge in [0.25, 0.3) is 0 Å². The van der Waals surface area contributed by atoms with E-state index >= 15 is 0 Å². The zero-order valence-electron chi connectivity index (χ0n) is 11.1. The van der Waals surface area contributed by atoms with Crippen LogP contribution in [0.5, 0.6) is 0 Å². The van der Waals surface area contributed by atoms with Gasteiger partial charge in [0.1, 0.15) is 0 Å². The van der Waals surface area contributed by atoms with Gasteiger partial charge in [0, 0.05) is 6.54 Å². The molecule has 1 amide bonds. The molecule has 0 aliphatic heterocycles. The third kappa shape index (κ3) is 2.82. The minimum atomic E-state index is -0.335. The van der Waals surface area contributed by atoms with Crippen molar-refractivity contribution in [1.29, 1.82) is 0 Å². The summed E-state index contributed by atoms with van der Waals surface area (Å²) in [6.45, 7) is 4.97. The van der Waals surface area contributed by atoms with E-state index in [4.69, 9.17) is 5.73 Å². The predicted molar refractivity (Wildman–Crippen MR) is 69.4 cm³/mol. The minimum Gasteiger partial charge on any atom is -0.354 e. The average Bonchev–Trinajstić information content (AvgIpc) is 2.95. The molecular weight excluding hydrogens is 212 g/mol. The zero-order chi connectivity index (χ0) is 12.4. The average molecular weight is 238 g/mol. The molecule has 2 aliphatic rings. The van der Waals surface area contributed by atoms with Gasteiger partial charge in [-0.25, -0.2) is 0 Å². The molecule has 2 fully saturated rings. The van der Waals surface area contributed by atoms with Crippen molar-refractivity contribution < 1.29 is 4.79 Å². The Hall–Kier alpha value is -0.570. The summed E-state index contributed by atoms with van der Waals surface area (Å²) >= 11 is 0. The molecule has 3 N–H and O–H groups in total. The van der Waals surface area contributed by atoms with Gasteiger partial charge in [0.2, 0.25) is 5.91 Å². The van der Waals surface area contributed by atoms with Gasteiger partial charge in [-0.05, 0) is 42.9 Å². The summed E-state index contributed by atoms with van der Waals surface area (Å²) in [7, 11) is 0. The van der Waals surface area contributed by atoms with Crippen LogP contribution in [0, 0.1) is 23.7 Å². The third-order valence-corrected chi connectivity index (χ3v) is 4.98. The zero-order valence-corrected chi connectivity index (χ0v) is 11.1. The first-order valence-corrected chi connectivity index (χ1v) is 7.15. The van der Waals surface area contributed by atoms with E-state index in [1.165, 1.54) is 25.7 Å². The predicted octanol–water partition coefficient (Wildman–Crippen LogP) is 1.91. The lowest BCUT2D eigenvalue weighted by Gasteiger charge is -2.24. The van der Waals surface area contributed by atoms with E-state index in [0.29, 0.717) is 0 Å². The molecule has 0 heterocycles. The Labute approximate surface area is 105 Å². The number of hydrogen-bond acceptors (Lipinski definition) is 2. The van der Waals surface area contributed by atoms with Gasteiger partial charge in [0.05, 0.1) is 6.04 Å². The number of carbonyl (C=O) groups excluding carboxylic acids is 1. The largest absolute Gasteiger partial charge is 0.354 e. The summed E-state index contributed by atoms with van der Waals surface area (Å²) in [5.41, 5.74) is 5.92. The van der Waals surface area contributed by atoms with Crippen LogP contribution in [-0.4, -0.2) is 18.5 Å².